The van der Waals surface area contributed by atoms with E-state index in [1.54, 1.807) is 0 Å². The Labute approximate surface area is 116 Å². The van der Waals surface area contributed by atoms with Crippen LogP contribution >= 0.6 is 0 Å². The molecule has 0 spiro atoms. The topological polar surface area (TPSA) is 38.8 Å². The summed E-state index contributed by atoms with van der Waals surface area (Å²) in [5, 5.41) is 0. The molecule has 0 bridgehead atoms. The molecule has 1 heterocycles. The van der Waals surface area contributed by atoms with E-state index in [4.69, 9.17) is 9.47 Å². The first-order valence-electron chi connectivity index (χ1n) is 7.53. The molecule has 110 valence electrons. The average Bonchev–Trinajstić information content (AvgIpc) is 2.34. The molecule has 2 unspecified atom stereocenters. The van der Waals surface area contributed by atoms with E-state index in [2.05, 4.69) is 4.90 Å². The first-order chi connectivity index (χ1) is 8.96. The maximum Gasteiger partial charge on any atom is 0.307 e. The molecule has 1 saturated carbocycles. The third-order valence-corrected chi connectivity index (χ3v) is 3.87. The molecule has 4 nitrogen and oxygen atoms in total. The summed E-state index contributed by atoms with van der Waals surface area (Å²) >= 11 is 0. The van der Waals surface area contributed by atoms with Crippen LogP contribution in [0, 0.1) is 0 Å². The Morgan fingerprint density at radius 1 is 1.32 bits per heavy atom. The highest BCUT2D eigenvalue weighted by atomic mass is 16.6. The average molecular weight is 269 g/mol. The van der Waals surface area contributed by atoms with E-state index in [-0.39, 0.29) is 11.6 Å². The third kappa shape index (κ3) is 4.46. The van der Waals surface area contributed by atoms with Crippen molar-refractivity contribution in [3.05, 3.63) is 0 Å². The van der Waals surface area contributed by atoms with Crippen LogP contribution in [0.3, 0.4) is 0 Å². The molecule has 4 heteroatoms. The van der Waals surface area contributed by atoms with Crippen LogP contribution < -0.4 is 0 Å². The fourth-order valence-corrected chi connectivity index (χ4v) is 3.08. The molecule has 0 N–H and O–H groups in total. The first kappa shape index (κ1) is 14.8. The molecule has 0 radical (unpaired) electrons. The molecule has 0 aromatic carbocycles. The van der Waals surface area contributed by atoms with E-state index in [0.717, 1.165) is 19.7 Å². The largest absolute Gasteiger partial charge is 0.460 e. The second-order valence-corrected chi connectivity index (χ2v) is 6.63. The molecule has 0 aromatic rings. The number of nitrogens with zero attached hydrogens (tertiary/aromatic N) is 1. The zero-order valence-electron chi connectivity index (χ0n) is 12.5. The zero-order valence-corrected chi connectivity index (χ0v) is 12.5. The summed E-state index contributed by atoms with van der Waals surface area (Å²) in [5.74, 6) is -0.0913. The van der Waals surface area contributed by atoms with Gasteiger partial charge < -0.3 is 9.47 Å². The van der Waals surface area contributed by atoms with Crippen LogP contribution in [0.2, 0.25) is 0 Å². The van der Waals surface area contributed by atoms with E-state index in [1.165, 1.54) is 25.7 Å². The summed E-state index contributed by atoms with van der Waals surface area (Å²) in [6.45, 7) is 8.29. The molecule has 2 fully saturated rings. The molecule has 2 atom stereocenters. The highest BCUT2D eigenvalue weighted by Gasteiger charge is 2.34. The molecule has 2 aliphatic rings. The maximum absolute atomic E-state index is 11.8. The standard InChI is InChI=1S/C15H27NO3/c1-15(2,3)19-14(17)8-9-16-10-11-18-13-7-5-4-6-12(13)16/h12-13H,4-11H2,1-3H3. The Morgan fingerprint density at radius 2 is 2.05 bits per heavy atom. The molecule has 1 saturated heterocycles. The van der Waals surface area contributed by atoms with Crippen LogP contribution in [0.5, 0.6) is 0 Å². The van der Waals surface area contributed by atoms with Gasteiger partial charge in [0.1, 0.15) is 5.60 Å². The van der Waals surface area contributed by atoms with E-state index in [9.17, 15) is 4.79 Å². The van der Waals surface area contributed by atoms with Crippen molar-refractivity contribution >= 4 is 5.97 Å². The van der Waals surface area contributed by atoms with Gasteiger partial charge in [0.25, 0.3) is 0 Å². The van der Waals surface area contributed by atoms with Gasteiger partial charge in [-0.3, -0.25) is 9.69 Å². The highest BCUT2D eigenvalue weighted by molar-refractivity contribution is 5.70. The van der Waals surface area contributed by atoms with Crippen molar-refractivity contribution in [2.24, 2.45) is 0 Å². The Balaban J connectivity index is 1.79. The van der Waals surface area contributed by atoms with E-state index in [1.807, 2.05) is 20.8 Å². The fourth-order valence-electron chi connectivity index (χ4n) is 3.08. The van der Waals surface area contributed by atoms with Gasteiger partial charge in [-0.1, -0.05) is 12.8 Å². The molecule has 1 aliphatic carbocycles. The Bertz CT molecular complexity index is 309. The molecule has 0 amide bonds. The second kappa shape index (κ2) is 6.23. The summed E-state index contributed by atoms with van der Waals surface area (Å²) in [7, 11) is 0. The monoisotopic (exact) mass is 269 g/mol. The molecule has 1 aliphatic heterocycles. The number of hydrogen-bond acceptors (Lipinski definition) is 4. The van der Waals surface area contributed by atoms with Crippen molar-refractivity contribution < 1.29 is 14.3 Å². The number of carbonyl (C=O) groups is 1. The van der Waals surface area contributed by atoms with Crippen molar-refractivity contribution in [1.29, 1.82) is 0 Å². The Hall–Kier alpha value is -0.610. The van der Waals surface area contributed by atoms with Crippen LogP contribution in [-0.4, -0.2) is 48.3 Å². The Kier molecular flexibility index (Phi) is 4.85. The number of morpholine rings is 1. The lowest BCUT2D eigenvalue weighted by molar-refractivity contribution is -0.156. The molecule has 19 heavy (non-hydrogen) atoms. The van der Waals surface area contributed by atoms with Crippen LogP contribution in [0.15, 0.2) is 0 Å². The van der Waals surface area contributed by atoms with E-state index >= 15 is 0 Å². The minimum Gasteiger partial charge on any atom is -0.460 e. The van der Waals surface area contributed by atoms with Gasteiger partial charge in [0, 0.05) is 19.1 Å². The van der Waals surface area contributed by atoms with E-state index < -0.39 is 0 Å². The zero-order chi connectivity index (χ0) is 13.9. The number of esters is 1. The lowest BCUT2D eigenvalue weighted by atomic mass is 9.90. The number of hydrogen-bond donors (Lipinski definition) is 0. The van der Waals surface area contributed by atoms with Crippen molar-refractivity contribution in [2.45, 2.75) is 70.6 Å². The van der Waals surface area contributed by atoms with Crippen molar-refractivity contribution in [3.8, 4) is 0 Å². The predicted molar refractivity (Wildman–Crippen MR) is 74.0 cm³/mol. The minimum absolute atomic E-state index is 0.0913. The quantitative estimate of drug-likeness (QED) is 0.737. The molecule has 0 aromatic heterocycles. The number of carbonyl (C=O) groups excluding carboxylic acids is 1. The lowest BCUT2D eigenvalue weighted by Crippen LogP contribution is -2.53. The maximum atomic E-state index is 11.8. The van der Waals surface area contributed by atoms with Gasteiger partial charge in [-0.05, 0) is 33.6 Å². The lowest BCUT2D eigenvalue weighted by Gasteiger charge is -2.43. The molecular weight excluding hydrogens is 242 g/mol. The number of rotatable bonds is 3. The van der Waals surface area contributed by atoms with E-state index in [0.29, 0.717) is 18.6 Å². The van der Waals surface area contributed by atoms with Crippen molar-refractivity contribution in [3.63, 3.8) is 0 Å². The van der Waals surface area contributed by atoms with Crippen LogP contribution in [0.25, 0.3) is 0 Å². The summed E-state index contributed by atoms with van der Waals surface area (Å²) in [6.07, 6.45) is 5.82. The van der Waals surface area contributed by atoms with Crippen molar-refractivity contribution in [1.82, 2.24) is 4.90 Å². The first-order valence-corrected chi connectivity index (χ1v) is 7.53. The van der Waals surface area contributed by atoms with Gasteiger partial charge in [0.05, 0.1) is 19.1 Å². The van der Waals surface area contributed by atoms with Gasteiger partial charge in [-0.2, -0.15) is 0 Å². The smallest absolute Gasteiger partial charge is 0.307 e. The number of ether oxygens (including phenoxy) is 2. The summed E-state index contributed by atoms with van der Waals surface area (Å²) in [6, 6.07) is 0.518. The van der Waals surface area contributed by atoms with Gasteiger partial charge in [0.2, 0.25) is 0 Å². The summed E-state index contributed by atoms with van der Waals surface area (Å²) in [5.41, 5.74) is -0.379. The van der Waals surface area contributed by atoms with Crippen LogP contribution in [-0.2, 0) is 14.3 Å². The van der Waals surface area contributed by atoms with Crippen LogP contribution in [0.4, 0.5) is 0 Å². The van der Waals surface area contributed by atoms with Crippen LogP contribution in [0.1, 0.15) is 52.9 Å². The fraction of sp³-hybridized carbons (Fsp3) is 0.933. The van der Waals surface area contributed by atoms with Gasteiger partial charge in [0.15, 0.2) is 0 Å². The normalized spacial score (nSPS) is 28.8. The molecular formula is C15H27NO3. The van der Waals surface area contributed by atoms with Gasteiger partial charge >= 0.3 is 5.97 Å². The second-order valence-electron chi connectivity index (χ2n) is 6.63. The number of fused-ring (bicyclic) bond motifs is 1. The highest BCUT2D eigenvalue weighted by Crippen LogP contribution is 2.28. The predicted octanol–water partition coefficient (Wildman–Crippen LogP) is 2.36. The van der Waals surface area contributed by atoms with Gasteiger partial charge in [-0.15, -0.1) is 0 Å². The van der Waals surface area contributed by atoms with Gasteiger partial charge in [-0.25, -0.2) is 0 Å². The summed E-state index contributed by atoms with van der Waals surface area (Å²) < 4.78 is 11.2. The summed E-state index contributed by atoms with van der Waals surface area (Å²) in [4.78, 5) is 14.2. The third-order valence-electron chi connectivity index (χ3n) is 3.87. The van der Waals surface area contributed by atoms with Crippen molar-refractivity contribution in [2.75, 3.05) is 19.7 Å². The molecule has 2 rings (SSSR count). The Morgan fingerprint density at radius 3 is 2.79 bits per heavy atom. The minimum atomic E-state index is -0.379. The SMILES string of the molecule is CC(C)(C)OC(=O)CCN1CCOC2CCCCC21.